The van der Waals surface area contributed by atoms with E-state index in [1.54, 1.807) is 6.07 Å². The standard InChI is InChI=1S/C18H24N4O3/c1-21(2)15-5-3-14(4-6-15)12-19-18(23)17-11-16(25-20-17)13-22-7-9-24-10-8-22/h3-6,11H,7-10,12-13H2,1-2H3,(H,19,23). The van der Waals surface area contributed by atoms with Crippen molar-refractivity contribution in [2.24, 2.45) is 0 Å². The van der Waals surface area contributed by atoms with Gasteiger partial charge in [0.05, 0.1) is 19.8 Å². The van der Waals surface area contributed by atoms with Gasteiger partial charge in [-0.3, -0.25) is 9.69 Å². The molecule has 2 aromatic rings. The normalized spacial score (nSPS) is 15.1. The van der Waals surface area contributed by atoms with Crippen molar-refractivity contribution in [2.45, 2.75) is 13.1 Å². The number of nitrogens with zero attached hydrogens (tertiary/aromatic N) is 3. The molecule has 0 spiro atoms. The highest BCUT2D eigenvalue weighted by Gasteiger charge is 2.16. The highest BCUT2D eigenvalue weighted by atomic mass is 16.5. The molecule has 0 aliphatic carbocycles. The van der Waals surface area contributed by atoms with Gasteiger partial charge in [-0.05, 0) is 17.7 Å². The fraction of sp³-hybridized carbons (Fsp3) is 0.444. The molecule has 3 rings (SSSR count). The van der Waals surface area contributed by atoms with E-state index in [0.29, 0.717) is 24.5 Å². The largest absolute Gasteiger partial charge is 0.379 e. The summed E-state index contributed by atoms with van der Waals surface area (Å²) in [5.74, 6) is 0.469. The summed E-state index contributed by atoms with van der Waals surface area (Å²) in [6.07, 6.45) is 0. The van der Waals surface area contributed by atoms with Gasteiger partial charge in [-0.1, -0.05) is 17.3 Å². The topological polar surface area (TPSA) is 70.8 Å². The van der Waals surface area contributed by atoms with E-state index in [-0.39, 0.29) is 5.91 Å². The zero-order valence-corrected chi connectivity index (χ0v) is 14.7. The van der Waals surface area contributed by atoms with Gasteiger partial charge in [-0.25, -0.2) is 0 Å². The average molecular weight is 344 g/mol. The number of anilines is 1. The van der Waals surface area contributed by atoms with Crippen molar-refractivity contribution in [2.75, 3.05) is 45.3 Å². The van der Waals surface area contributed by atoms with E-state index < -0.39 is 0 Å². The predicted octanol–water partition coefficient (Wildman–Crippen LogP) is 1.50. The third-order valence-electron chi connectivity index (χ3n) is 4.18. The second-order valence-corrected chi connectivity index (χ2v) is 6.31. The van der Waals surface area contributed by atoms with Gasteiger partial charge in [0.15, 0.2) is 11.5 Å². The number of hydrogen-bond donors (Lipinski definition) is 1. The Kier molecular flexibility index (Phi) is 5.67. The maximum Gasteiger partial charge on any atom is 0.273 e. The van der Waals surface area contributed by atoms with Crippen LogP contribution in [0.5, 0.6) is 0 Å². The molecular weight excluding hydrogens is 320 g/mol. The van der Waals surface area contributed by atoms with E-state index in [2.05, 4.69) is 15.4 Å². The van der Waals surface area contributed by atoms with Crippen molar-refractivity contribution in [1.29, 1.82) is 0 Å². The van der Waals surface area contributed by atoms with Crippen LogP contribution in [0.2, 0.25) is 0 Å². The number of rotatable bonds is 6. The second-order valence-electron chi connectivity index (χ2n) is 6.31. The lowest BCUT2D eigenvalue weighted by atomic mass is 10.2. The number of hydrogen-bond acceptors (Lipinski definition) is 6. The van der Waals surface area contributed by atoms with E-state index in [1.807, 2.05) is 43.3 Å². The Hall–Kier alpha value is -2.38. The number of benzene rings is 1. The minimum Gasteiger partial charge on any atom is -0.379 e. The molecule has 0 bridgehead atoms. The number of amides is 1. The van der Waals surface area contributed by atoms with Crippen molar-refractivity contribution >= 4 is 11.6 Å². The predicted molar refractivity (Wildman–Crippen MR) is 94.5 cm³/mol. The van der Waals surface area contributed by atoms with Crippen molar-refractivity contribution in [3.05, 3.63) is 47.3 Å². The SMILES string of the molecule is CN(C)c1ccc(CNC(=O)c2cc(CN3CCOCC3)on2)cc1. The molecule has 1 saturated heterocycles. The van der Waals surface area contributed by atoms with E-state index >= 15 is 0 Å². The zero-order chi connectivity index (χ0) is 17.6. The van der Waals surface area contributed by atoms with Crippen LogP contribution in [0.25, 0.3) is 0 Å². The molecule has 134 valence electrons. The summed E-state index contributed by atoms with van der Waals surface area (Å²) >= 11 is 0. The molecule has 1 aliphatic rings. The van der Waals surface area contributed by atoms with Crippen molar-refractivity contribution < 1.29 is 14.1 Å². The summed E-state index contributed by atoms with van der Waals surface area (Å²) in [5.41, 5.74) is 2.48. The molecule has 1 aliphatic heterocycles. The number of carbonyl (C=O) groups is 1. The van der Waals surface area contributed by atoms with Crippen LogP contribution in [0.3, 0.4) is 0 Å². The molecule has 0 saturated carbocycles. The van der Waals surface area contributed by atoms with Crippen LogP contribution in [-0.4, -0.2) is 56.4 Å². The van der Waals surface area contributed by atoms with Crippen LogP contribution >= 0.6 is 0 Å². The van der Waals surface area contributed by atoms with Crippen LogP contribution in [0.4, 0.5) is 5.69 Å². The van der Waals surface area contributed by atoms with Crippen LogP contribution < -0.4 is 10.2 Å². The first kappa shape index (κ1) is 17.4. The monoisotopic (exact) mass is 344 g/mol. The average Bonchev–Trinajstić information content (AvgIpc) is 3.09. The number of morpholine rings is 1. The Morgan fingerprint density at radius 3 is 2.64 bits per heavy atom. The second kappa shape index (κ2) is 8.13. The van der Waals surface area contributed by atoms with E-state index in [9.17, 15) is 4.79 Å². The van der Waals surface area contributed by atoms with Crippen molar-refractivity contribution in [3.8, 4) is 0 Å². The van der Waals surface area contributed by atoms with Gasteiger partial charge in [0.1, 0.15) is 0 Å². The molecule has 1 aromatic carbocycles. The van der Waals surface area contributed by atoms with Crippen molar-refractivity contribution in [3.63, 3.8) is 0 Å². The lowest BCUT2D eigenvalue weighted by molar-refractivity contribution is 0.0305. The molecule has 0 atom stereocenters. The highest BCUT2D eigenvalue weighted by Crippen LogP contribution is 2.13. The van der Waals surface area contributed by atoms with E-state index in [0.717, 1.165) is 37.6 Å². The molecule has 7 nitrogen and oxygen atoms in total. The summed E-state index contributed by atoms with van der Waals surface area (Å²) < 4.78 is 10.6. The summed E-state index contributed by atoms with van der Waals surface area (Å²) in [7, 11) is 3.99. The summed E-state index contributed by atoms with van der Waals surface area (Å²) in [5, 5.41) is 6.75. The quantitative estimate of drug-likeness (QED) is 0.856. The van der Waals surface area contributed by atoms with Gasteiger partial charge in [0.2, 0.25) is 0 Å². The Morgan fingerprint density at radius 1 is 1.24 bits per heavy atom. The number of nitrogens with one attached hydrogen (secondary N) is 1. The third kappa shape index (κ3) is 4.80. The highest BCUT2D eigenvalue weighted by molar-refractivity contribution is 5.92. The third-order valence-corrected chi connectivity index (χ3v) is 4.18. The number of aromatic nitrogens is 1. The fourth-order valence-corrected chi connectivity index (χ4v) is 2.66. The molecule has 1 fully saturated rings. The minimum atomic E-state index is -0.228. The first-order valence-corrected chi connectivity index (χ1v) is 8.42. The Labute approximate surface area is 147 Å². The smallest absolute Gasteiger partial charge is 0.273 e. The lowest BCUT2D eigenvalue weighted by Gasteiger charge is -2.25. The fourth-order valence-electron chi connectivity index (χ4n) is 2.66. The molecule has 1 amide bonds. The zero-order valence-electron chi connectivity index (χ0n) is 14.7. The molecule has 1 aromatic heterocycles. The van der Waals surface area contributed by atoms with Crippen LogP contribution in [0.15, 0.2) is 34.9 Å². The molecule has 0 unspecified atom stereocenters. The van der Waals surface area contributed by atoms with Gasteiger partial charge >= 0.3 is 0 Å². The molecule has 7 heteroatoms. The maximum atomic E-state index is 12.2. The Bertz CT molecular complexity index is 691. The van der Waals surface area contributed by atoms with Crippen molar-refractivity contribution in [1.82, 2.24) is 15.4 Å². The van der Waals surface area contributed by atoms with E-state index in [1.165, 1.54) is 0 Å². The molecule has 2 heterocycles. The summed E-state index contributed by atoms with van der Waals surface area (Å²) in [6.45, 7) is 4.30. The van der Waals surface area contributed by atoms with E-state index in [4.69, 9.17) is 9.26 Å². The first-order valence-electron chi connectivity index (χ1n) is 8.42. The first-order chi connectivity index (χ1) is 12.1. The van der Waals surface area contributed by atoms with Crippen LogP contribution in [0, 0.1) is 0 Å². The minimum absolute atomic E-state index is 0.228. The molecule has 1 N–H and O–H groups in total. The van der Waals surface area contributed by atoms with Gasteiger partial charge in [-0.2, -0.15) is 0 Å². The maximum absolute atomic E-state index is 12.2. The summed E-state index contributed by atoms with van der Waals surface area (Å²) in [4.78, 5) is 16.5. The summed E-state index contributed by atoms with van der Waals surface area (Å²) in [6, 6.07) is 9.76. The Balaban J connectivity index is 1.51. The number of ether oxygens (including phenoxy) is 1. The van der Waals surface area contributed by atoms with Crippen LogP contribution in [0.1, 0.15) is 21.8 Å². The van der Waals surface area contributed by atoms with Gasteiger partial charge < -0.3 is 19.5 Å². The molecular formula is C18H24N4O3. The lowest BCUT2D eigenvalue weighted by Crippen LogP contribution is -2.35. The van der Waals surface area contributed by atoms with Crippen LogP contribution in [-0.2, 0) is 17.8 Å². The molecule has 0 radical (unpaired) electrons. The molecule has 25 heavy (non-hydrogen) atoms. The Morgan fingerprint density at radius 2 is 1.96 bits per heavy atom. The van der Waals surface area contributed by atoms with Gasteiger partial charge in [-0.15, -0.1) is 0 Å². The number of carbonyl (C=O) groups excluding carboxylic acids is 1. The van der Waals surface area contributed by atoms with Gasteiger partial charge in [0.25, 0.3) is 5.91 Å². The van der Waals surface area contributed by atoms with Gasteiger partial charge in [0, 0.05) is 45.5 Å².